The second-order valence-corrected chi connectivity index (χ2v) is 5.18. The maximum atomic E-state index is 5.49. The van der Waals surface area contributed by atoms with Gasteiger partial charge >= 0.3 is 0 Å². The van der Waals surface area contributed by atoms with Crippen molar-refractivity contribution in [1.82, 2.24) is 19.8 Å². The normalized spacial score (nSPS) is 22.3. The summed E-state index contributed by atoms with van der Waals surface area (Å²) in [5, 5.41) is 3.50. The first kappa shape index (κ1) is 13.5. The number of imidazole rings is 1. The minimum Gasteiger partial charge on any atom is -0.379 e. The molecule has 2 unspecified atom stereocenters. The fourth-order valence-corrected chi connectivity index (χ4v) is 2.29. The molecular formula is C13H24N4O. The lowest BCUT2D eigenvalue weighted by Crippen LogP contribution is -2.45. The standard InChI is InChI=1S/C13H24N4O/c1-11(8-12-10-18-7-5-14-12)17(3)9-13-15-4-6-16(13)2/h4,6,11-12,14H,5,7-10H2,1-3H3. The Morgan fingerprint density at radius 2 is 2.50 bits per heavy atom. The molecule has 5 nitrogen and oxygen atoms in total. The minimum absolute atomic E-state index is 0.484. The Bertz CT molecular complexity index is 360. The Morgan fingerprint density at radius 1 is 1.67 bits per heavy atom. The number of hydrogen-bond acceptors (Lipinski definition) is 4. The van der Waals surface area contributed by atoms with Crippen molar-refractivity contribution in [2.75, 3.05) is 26.8 Å². The van der Waals surface area contributed by atoms with Crippen LogP contribution in [0.2, 0.25) is 0 Å². The van der Waals surface area contributed by atoms with E-state index in [4.69, 9.17) is 4.74 Å². The molecule has 0 spiro atoms. The van der Waals surface area contributed by atoms with Crippen molar-refractivity contribution in [3.63, 3.8) is 0 Å². The summed E-state index contributed by atoms with van der Waals surface area (Å²) in [7, 11) is 4.19. The highest BCUT2D eigenvalue weighted by Gasteiger charge is 2.19. The molecule has 1 saturated heterocycles. The van der Waals surface area contributed by atoms with Gasteiger partial charge in [-0.25, -0.2) is 4.98 Å². The molecule has 1 aromatic heterocycles. The van der Waals surface area contributed by atoms with Crippen LogP contribution in [-0.2, 0) is 18.3 Å². The van der Waals surface area contributed by atoms with E-state index in [0.29, 0.717) is 12.1 Å². The van der Waals surface area contributed by atoms with Gasteiger partial charge in [-0.2, -0.15) is 0 Å². The van der Waals surface area contributed by atoms with E-state index in [0.717, 1.165) is 38.5 Å². The van der Waals surface area contributed by atoms with Gasteiger partial charge in [0.1, 0.15) is 5.82 Å². The fourth-order valence-electron chi connectivity index (χ4n) is 2.29. The van der Waals surface area contributed by atoms with Crippen LogP contribution in [0.3, 0.4) is 0 Å². The quantitative estimate of drug-likeness (QED) is 0.834. The molecule has 1 fully saturated rings. The first-order valence-corrected chi connectivity index (χ1v) is 6.64. The minimum atomic E-state index is 0.484. The van der Waals surface area contributed by atoms with E-state index in [2.05, 4.69) is 33.7 Å². The average molecular weight is 252 g/mol. The lowest BCUT2D eigenvalue weighted by atomic mass is 10.1. The maximum absolute atomic E-state index is 5.49. The highest BCUT2D eigenvalue weighted by molar-refractivity contribution is 4.91. The van der Waals surface area contributed by atoms with Crippen LogP contribution in [0.5, 0.6) is 0 Å². The van der Waals surface area contributed by atoms with E-state index in [9.17, 15) is 0 Å². The number of aryl methyl sites for hydroxylation is 1. The number of nitrogens with one attached hydrogen (secondary N) is 1. The molecule has 102 valence electrons. The van der Waals surface area contributed by atoms with Crippen molar-refractivity contribution in [2.45, 2.75) is 32.0 Å². The van der Waals surface area contributed by atoms with E-state index in [1.54, 1.807) is 0 Å². The summed E-state index contributed by atoms with van der Waals surface area (Å²) in [5.41, 5.74) is 0. The van der Waals surface area contributed by atoms with Crippen LogP contribution in [0.25, 0.3) is 0 Å². The predicted octanol–water partition coefficient (Wildman–Crippen LogP) is 0.619. The molecule has 0 aromatic carbocycles. The van der Waals surface area contributed by atoms with Crippen molar-refractivity contribution in [3.05, 3.63) is 18.2 Å². The van der Waals surface area contributed by atoms with Crippen LogP contribution in [-0.4, -0.2) is 53.3 Å². The first-order chi connectivity index (χ1) is 8.66. The highest BCUT2D eigenvalue weighted by atomic mass is 16.5. The largest absolute Gasteiger partial charge is 0.379 e. The summed E-state index contributed by atoms with van der Waals surface area (Å²) in [6, 6.07) is 0.999. The third-order valence-electron chi connectivity index (χ3n) is 3.69. The van der Waals surface area contributed by atoms with E-state index in [-0.39, 0.29) is 0 Å². The maximum Gasteiger partial charge on any atom is 0.122 e. The van der Waals surface area contributed by atoms with Crippen molar-refractivity contribution < 1.29 is 4.74 Å². The van der Waals surface area contributed by atoms with Crippen LogP contribution in [0.1, 0.15) is 19.2 Å². The summed E-state index contributed by atoms with van der Waals surface area (Å²) in [6.45, 7) is 5.80. The second-order valence-electron chi connectivity index (χ2n) is 5.18. The van der Waals surface area contributed by atoms with Crippen LogP contribution < -0.4 is 5.32 Å². The molecule has 5 heteroatoms. The van der Waals surface area contributed by atoms with Crippen molar-refractivity contribution in [3.8, 4) is 0 Å². The Hall–Kier alpha value is -0.910. The zero-order valence-corrected chi connectivity index (χ0v) is 11.6. The SMILES string of the molecule is CC(CC1COCCN1)N(C)Cc1nccn1C. The smallest absolute Gasteiger partial charge is 0.122 e. The highest BCUT2D eigenvalue weighted by Crippen LogP contribution is 2.10. The molecule has 0 bridgehead atoms. The number of ether oxygens (including phenoxy) is 1. The second kappa shape index (κ2) is 6.31. The van der Waals surface area contributed by atoms with Gasteiger partial charge in [0.05, 0.1) is 19.8 Å². The zero-order valence-electron chi connectivity index (χ0n) is 11.6. The van der Waals surface area contributed by atoms with Gasteiger partial charge in [0.2, 0.25) is 0 Å². The Kier molecular flexibility index (Phi) is 4.74. The van der Waals surface area contributed by atoms with Gasteiger partial charge in [0.15, 0.2) is 0 Å². The van der Waals surface area contributed by atoms with Crippen LogP contribution in [0.4, 0.5) is 0 Å². The molecule has 1 N–H and O–H groups in total. The van der Waals surface area contributed by atoms with Gasteiger partial charge in [0, 0.05) is 38.1 Å². The molecule has 0 amide bonds. The Balaban J connectivity index is 1.80. The number of nitrogens with zero attached hydrogens (tertiary/aromatic N) is 3. The molecule has 18 heavy (non-hydrogen) atoms. The number of hydrogen-bond donors (Lipinski definition) is 1. The monoisotopic (exact) mass is 252 g/mol. The van der Waals surface area contributed by atoms with Gasteiger partial charge in [-0.05, 0) is 20.4 Å². The van der Waals surface area contributed by atoms with Gasteiger partial charge < -0.3 is 14.6 Å². The molecule has 2 heterocycles. The summed E-state index contributed by atoms with van der Waals surface area (Å²) in [4.78, 5) is 6.71. The van der Waals surface area contributed by atoms with Gasteiger partial charge in [-0.1, -0.05) is 0 Å². The molecule has 2 atom stereocenters. The van der Waals surface area contributed by atoms with Gasteiger partial charge in [-0.15, -0.1) is 0 Å². The summed E-state index contributed by atoms with van der Waals surface area (Å²) < 4.78 is 7.56. The number of rotatable bonds is 5. The fraction of sp³-hybridized carbons (Fsp3) is 0.769. The van der Waals surface area contributed by atoms with E-state index < -0.39 is 0 Å². The molecule has 1 aromatic rings. The van der Waals surface area contributed by atoms with E-state index >= 15 is 0 Å². The summed E-state index contributed by atoms with van der Waals surface area (Å²) in [6.07, 6.45) is 4.95. The third-order valence-corrected chi connectivity index (χ3v) is 3.69. The lowest BCUT2D eigenvalue weighted by Gasteiger charge is -2.30. The molecule has 0 radical (unpaired) electrons. The van der Waals surface area contributed by atoms with Crippen LogP contribution in [0.15, 0.2) is 12.4 Å². The topological polar surface area (TPSA) is 42.3 Å². The van der Waals surface area contributed by atoms with Gasteiger partial charge in [-0.3, -0.25) is 4.90 Å². The zero-order chi connectivity index (χ0) is 13.0. The molecule has 1 aliphatic heterocycles. The van der Waals surface area contributed by atoms with Crippen LogP contribution in [0, 0.1) is 0 Å². The Morgan fingerprint density at radius 3 is 3.11 bits per heavy atom. The molecular weight excluding hydrogens is 228 g/mol. The van der Waals surface area contributed by atoms with E-state index in [1.165, 1.54) is 0 Å². The first-order valence-electron chi connectivity index (χ1n) is 6.64. The lowest BCUT2D eigenvalue weighted by molar-refractivity contribution is 0.0636. The van der Waals surface area contributed by atoms with Crippen molar-refractivity contribution >= 4 is 0 Å². The third kappa shape index (κ3) is 3.54. The van der Waals surface area contributed by atoms with Crippen molar-refractivity contribution in [2.24, 2.45) is 7.05 Å². The van der Waals surface area contributed by atoms with E-state index in [1.807, 2.05) is 19.4 Å². The van der Waals surface area contributed by atoms with Crippen molar-refractivity contribution in [1.29, 1.82) is 0 Å². The number of aromatic nitrogens is 2. The molecule has 0 aliphatic carbocycles. The molecule has 1 aliphatic rings. The van der Waals surface area contributed by atoms with Crippen LogP contribution >= 0.6 is 0 Å². The van der Waals surface area contributed by atoms with Gasteiger partial charge in [0.25, 0.3) is 0 Å². The summed E-state index contributed by atoms with van der Waals surface area (Å²) in [5.74, 6) is 1.11. The number of morpholine rings is 1. The predicted molar refractivity (Wildman–Crippen MR) is 71.4 cm³/mol. The summed E-state index contributed by atoms with van der Waals surface area (Å²) >= 11 is 0. The molecule has 0 saturated carbocycles. The molecule has 2 rings (SSSR count). The average Bonchev–Trinajstić information content (AvgIpc) is 2.76. The Labute approximate surface area is 109 Å².